The minimum Gasteiger partial charge on any atom is -0.497 e. The lowest BCUT2D eigenvalue weighted by molar-refractivity contribution is 0.415. The second-order valence-corrected chi connectivity index (χ2v) is 5.02. The summed E-state index contributed by atoms with van der Waals surface area (Å²) in [5, 5.41) is 1.83. The summed E-state index contributed by atoms with van der Waals surface area (Å²) in [7, 11) is 1.64. The van der Waals surface area contributed by atoms with Gasteiger partial charge >= 0.3 is 5.63 Å². The number of ether oxygens (including phenoxy) is 1. The molecule has 0 bridgehead atoms. The maximum Gasteiger partial charge on any atom is 0.336 e. The molecule has 2 heterocycles. The number of fused-ring (bicyclic) bond motifs is 2. The van der Waals surface area contributed by atoms with Crippen LogP contribution in [-0.2, 0) is 0 Å². The highest BCUT2D eigenvalue weighted by Gasteiger charge is 2.11. The van der Waals surface area contributed by atoms with E-state index in [1.54, 1.807) is 25.5 Å². The second-order valence-electron chi connectivity index (χ2n) is 5.02. The molecule has 0 aliphatic heterocycles. The Labute approximate surface area is 125 Å². The molecule has 108 valence electrons. The molecule has 0 aliphatic carbocycles. The molecule has 0 unspecified atom stereocenters. The molecule has 22 heavy (non-hydrogen) atoms. The zero-order valence-corrected chi connectivity index (χ0v) is 11.8. The minimum absolute atomic E-state index is 0.369. The Balaban J connectivity index is 1.98. The van der Waals surface area contributed by atoms with E-state index in [1.807, 2.05) is 30.3 Å². The van der Waals surface area contributed by atoms with Crippen LogP contribution in [0, 0.1) is 0 Å². The number of hydrogen-bond donors (Lipinski definition) is 0. The van der Waals surface area contributed by atoms with Crippen LogP contribution >= 0.6 is 0 Å². The van der Waals surface area contributed by atoms with Gasteiger partial charge in [-0.3, -0.25) is 0 Å². The molecule has 0 saturated heterocycles. The van der Waals surface area contributed by atoms with Crippen molar-refractivity contribution in [1.82, 2.24) is 0 Å². The van der Waals surface area contributed by atoms with E-state index >= 15 is 0 Å². The van der Waals surface area contributed by atoms with Crippen LogP contribution in [-0.4, -0.2) is 7.11 Å². The first-order chi connectivity index (χ1) is 10.7. The van der Waals surface area contributed by atoms with Crippen LogP contribution in [0.4, 0.5) is 0 Å². The van der Waals surface area contributed by atoms with Crippen LogP contribution < -0.4 is 10.4 Å². The summed E-state index contributed by atoms with van der Waals surface area (Å²) in [5.41, 5.74) is 2.81. The molecule has 4 aromatic rings. The summed E-state index contributed by atoms with van der Waals surface area (Å²) < 4.78 is 16.1. The highest BCUT2D eigenvalue weighted by Crippen LogP contribution is 2.34. The third-order valence-corrected chi connectivity index (χ3v) is 3.70. The van der Waals surface area contributed by atoms with Crippen LogP contribution in [0.1, 0.15) is 0 Å². The van der Waals surface area contributed by atoms with Gasteiger partial charge in [-0.05, 0) is 29.8 Å². The Morgan fingerprint density at radius 1 is 1.00 bits per heavy atom. The molecule has 4 heteroatoms. The van der Waals surface area contributed by atoms with Gasteiger partial charge in [-0.15, -0.1) is 0 Å². The zero-order chi connectivity index (χ0) is 15.1. The van der Waals surface area contributed by atoms with Crippen LogP contribution in [0.15, 0.2) is 68.4 Å². The molecule has 0 amide bonds. The number of methoxy groups -OCH3 is 1. The Morgan fingerprint density at radius 3 is 2.77 bits per heavy atom. The van der Waals surface area contributed by atoms with Gasteiger partial charge in [0.25, 0.3) is 0 Å². The van der Waals surface area contributed by atoms with Crippen molar-refractivity contribution in [2.24, 2.45) is 0 Å². The number of rotatable bonds is 2. The zero-order valence-electron chi connectivity index (χ0n) is 11.8. The number of benzene rings is 2. The fraction of sp³-hybridized carbons (Fsp3) is 0.0556. The van der Waals surface area contributed by atoms with E-state index in [2.05, 4.69) is 0 Å². The molecular weight excluding hydrogens is 280 g/mol. The second kappa shape index (κ2) is 4.77. The topological polar surface area (TPSA) is 52.6 Å². The molecule has 0 fully saturated rings. The molecule has 0 radical (unpaired) electrons. The Morgan fingerprint density at radius 2 is 1.91 bits per heavy atom. The van der Waals surface area contributed by atoms with E-state index in [0.29, 0.717) is 11.2 Å². The molecule has 0 N–H and O–H groups in total. The van der Waals surface area contributed by atoms with Crippen LogP contribution in [0.2, 0.25) is 0 Å². The average Bonchev–Trinajstić information content (AvgIpc) is 2.95. The van der Waals surface area contributed by atoms with Gasteiger partial charge in [-0.25, -0.2) is 4.79 Å². The first-order valence-corrected chi connectivity index (χ1v) is 6.84. The lowest BCUT2D eigenvalue weighted by Gasteiger charge is -2.03. The van der Waals surface area contributed by atoms with Gasteiger partial charge in [-0.1, -0.05) is 12.1 Å². The normalized spacial score (nSPS) is 11.1. The van der Waals surface area contributed by atoms with Crippen molar-refractivity contribution in [3.8, 4) is 16.9 Å². The Bertz CT molecular complexity index is 1040. The van der Waals surface area contributed by atoms with Crippen molar-refractivity contribution in [2.75, 3.05) is 7.11 Å². The minimum atomic E-state index is -0.369. The van der Waals surface area contributed by atoms with Gasteiger partial charge in [0.1, 0.15) is 16.9 Å². The smallest absolute Gasteiger partial charge is 0.336 e. The van der Waals surface area contributed by atoms with Gasteiger partial charge in [0, 0.05) is 28.5 Å². The summed E-state index contributed by atoms with van der Waals surface area (Å²) in [6.45, 7) is 0. The van der Waals surface area contributed by atoms with Crippen LogP contribution in [0.25, 0.3) is 33.1 Å². The van der Waals surface area contributed by atoms with E-state index in [9.17, 15) is 4.79 Å². The maximum absolute atomic E-state index is 11.3. The average molecular weight is 292 g/mol. The third kappa shape index (κ3) is 1.97. The lowest BCUT2D eigenvalue weighted by Crippen LogP contribution is -1.93. The third-order valence-electron chi connectivity index (χ3n) is 3.70. The fourth-order valence-corrected chi connectivity index (χ4v) is 2.60. The molecule has 4 rings (SSSR count). The van der Waals surface area contributed by atoms with Crippen molar-refractivity contribution in [2.45, 2.75) is 0 Å². The van der Waals surface area contributed by atoms with E-state index in [4.69, 9.17) is 13.6 Å². The van der Waals surface area contributed by atoms with E-state index in [1.165, 1.54) is 6.07 Å². The van der Waals surface area contributed by atoms with Crippen molar-refractivity contribution in [3.63, 3.8) is 0 Å². The van der Waals surface area contributed by atoms with E-state index in [0.717, 1.165) is 27.6 Å². The van der Waals surface area contributed by atoms with Crippen molar-refractivity contribution in [1.29, 1.82) is 0 Å². The predicted octanol–water partition coefficient (Wildman–Crippen LogP) is 4.21. The summed E-state index contributed by atoms with van der Waals surface area (Å²) in [4.78, 5) is 11.3. The van der Waals surface area contributed by atoms with Gasteiger partial charge < -0.3 is 13.6 Å². The highest BCUT2D eigenvalue weighted by molar-refractivity contribution is 6.01. The molecule has 0 spiro atoms. The fourth-order valence-electron chi connectivity index (χ4n) is 2.60. The van der Waals surface area contributed by atoms with Gasteiger partial charge in [0.15, 0.2) is 0 Å². The first-order valence-electron chi connectivity index (χ1n) is 6.84. The number of hydrogen-bond acceptors (Lipinski definition) is 4. The Hall–Kier alpha value is -3.01. The highest BCUT2D eigenvalue weighted by atomic mass is 16.5. The van der Waals surface area contributed by atoms with Gasteiger partial charge in [-0.2, -0.15) is 0 Å². The maximum atomic E-state index is 11.3. The molecule has 2 aromatic carbocycles. The molecule has 0 atom stereocenters. The van der Waals surface area contributed by atoms with Crippen LogP contribution in [0.5, 0.6) is 5.75 Å². The number of furan rings is 1. The predicted molar refractivity (Wildman–Crippen MR) is 84.2 cm³/mol. The van der Waals surface area contributed by atoms with Crippen molar-refractivity contribution < 1.29 is 13.6 Å². The summed E-state index contributed by atoms with van der Waals surface area (Å²) >= 11 is 0. The SMILES string of the molecule is COc1cccc(-c2coc3cc4oc(=O)ccc4cc23)c1. The quantitative estimate of drug-likeness (QED) is 0.519. The lowest BCUT2D eigenvalue weighted by atomic mass is 10.0. The Kier molecular flexibility index (Phi) is 2.76. The molecule has 0 saturated carbocycles. The standard InChI is InChI=1S/C18H12O4/c1-20-13-4-2-3-11(7-13)15-10-21-17-9-16-12(8-14(15)17)5-6-18(19)22-16/h2-10H,1H3. The monoisotopic (exact) mass is 292 g/mol. The first kappa shape index (κ1) is 12.7. The molecular formula is C18H12O4. The van der Waals surface area contributed by atoms with Gasteiger partial charge in [0.05, 0.1) is 13.4 Å². The van der Waals surface area contributed by atoms with E-state index in [-0.39, 0.29) is 5.63 Å². The van der Waals surface area contributed by atoms with Crippen molar-refractivity contribution in [3.05, 3.63) is 65.2 Å². The summed E-state index contributed by atoms with van der Waals surface area (Å²) in [6.07, 6.45) is 1.70. The van der Waals surface area contributed by atoms with Crippen LogP contribution in [0.3, 0.4) is 0 Å². The summed E-state index contributed by atoms with van der Waals surface area (Å²) in [5.74, 6) is 0.790. The molecule has 2 aromatic heterocycles. The van der Waals surface area contributed by atoms with E-state index < -0.39 is 0 Å². The van der Waals surface area contributed by atoms with Crippen molar-refractivity contribution >= 4 is 21.9 Å². The largest absolute Gasteiger partial charge is 0.497 e. The molecule has 0 aliphatic rings. The summed E-state index contributed by atoms with van der Waals surface area (Å²) in [6, 6.07) is 14.7. The molecule has 4 nitrogen and oxygen atoms in total. The van der Waals surface area contributed by atoms with Gasteiger partial charge in [0.2, 0.25) is 0 Å².